The number of carbonyl (C=O) groups is 2. The van der Waals surface area contributed by atoms with Crippen molar-refractivity contribution in [3.8, 4) is 11.5 Å². The first-order valence-electron chi connectivity index (χ1n) is 10.8. The number of amidine groups is 2. The minimum atomic E-state index is -0.406. The van der Waals surface area contributed by atoms with Gasteiger partial charge in [-0.15, -0.1) is 0 Å². The lowest BCUT2D eigenvalue weighted by molar-refractivity contribution is -0.124. The second-order valence-corrected chi connectivity index (χ2v) is 8.50. The Morgan fingerprint density at radius 1 is 1.15 bits per heavy atom. The lowest BCUT2D eigenvalue weighted by Gasteiger charge is -2.25. The summed E-state index contributed by atoms with van der Waals surface area (Å²) in [6.45, 7) is 2.33. The van der Waals surface area contributed by atoms with Crippen LogP contribution in [0.3, 0.4) is 0 Å². The second kappa shape index (κ2) is 10.1. The van der Waals surface area contributed by atoms with E-state index in [0.29, 0.717) is 35.5 Å². The summed E-state index contributed by atoms with van der Waals surface area (Å²) < 4.78 is 10.7. The first kappa shape index (κ1) is 22.8. The van der Waals surface area contributed by atoms with E-state index < -0.39 is 6.04 Å². The molecule has 33 heavy (non-hydrogen) atoms. The molecule has 2 aliphatic rings. The van der Waals surface area contributed by atoms with Gasteiger partial charge in [-0.3, -0.25) is 14.6 Å². The van der Waals surface area contributed by atoms with Crippen LogP contribution in [0.25, 0.3) is 0 Å². The molecule has 0 unspecified atom stereocenters. The molecule has 0 saturated carbocycles. The van der Waals surface area contributed by atoms with Crippen LogP contribution >= 0.6 is 11.8 Å². The van der Waals surface area contributed by atoms with Gasteiger partial charge in [0.25, 0.3) is 5.91 Å². The number of fused-ring (bicyclic) bond motifs is 3. The summed E-state index contributed by atoms with van der Waals surface area (Å²) in [7, 11) is 3.14. The minimum absolute atomic E-state index is 0.0888. The Morgan fingerprint density at radius 3 is 2.73 bits per heavy atom. The fraction of sp³-hybridized carbons (Fsp3) is 0.333. The van der Waals surface area contributed by atoms with Crippen molar-refractivity contribution in [1.82, 2.24) is 10.2 Å². The number of nitrogens with zero attached hydrogens (tertiary/aromatic N) is 3. The monoisotopic (exact) mass is 466 g/mol. The average Bonchev–Trinajstić information content (AvgIpc) is 3.17. The summed E-state index contributed by atoms with van der Waals surface area (Å²) in [4.78, 5) is 36.5. The molecule has 2 heterocycles. The summed E-state index contributed by atoms with van der Waals surface area (Å²) in [5.74, 6) is 1.66. The highest BCUT2D eigenvalue weighted by atomic mass is 32.2. The number of ether oxygens (including phenoxy) is 2. The summed E-state index contributed by atoms with van der Waals surface area (Å²) >= 11 is 1.23. The minimum Gasteiger partial charge on any atom is -0.493 e. The zero-order chi connectivity index (χ0) is 23.4. The Morgan fingerprint density at radius 2 is 1.97 bits per heavy atom. The Balaban J connectivity index is 1.46. The normalized spacial score (nSPS) is 16.5. The molecule has 0 saturated heterocycles. The van der Waals surface area contributed by atoms with Gasteiger partial charge in [0.05, 0.1) is 25.7 Å². The zero-order valence-corrected chi connectivity index (χ0v) is 19.6. The van der Waals surface area contributed by atoms with Gasteiger partial charge in [0, 0.05) is 17.7 Å². The van der Waals surface area contributed by atoms with Crippen LogP contribution in [-0.4, -0.2) is 53.7 Å². The van der Waals surface area contributed by atoms with Gasteiger partial charge in [0.2, 0.25) is 5.91 Å². The van der Waals surface area contributed by atoms with Gasteiger partial charge < -0.3 is 14.8 Å². The van der Waals surface area contributed by atoms with E-state index >= 15 is 0 Å². The van der Waals surface area contributed by atoms with E-state index in [1.54, 1.807) is 25.2 Å². The summed E-state index contributed by atoms with van der Waals surface area (Å²) in [6, 6.07) is 12.7. The van der Waals surface area contributed by atoms with Crippen LogP contribution in [0, 0.1) is 0 Å². The molecule has 172 valence electrons. The van der Waals surface area contributed by atoms with Gasteiger partial charge in [0.15, 0.2) is 16.7 Å². The van der Waals surface area contributed by atoms with Crippen molar-refractivity contribution in [2.45, 2.75) is 32.4 Å². The molecular weight excluding hydrogens is 440 g/mol. The number of amides is 2. The first-order valence-corrected chi connectivity index (χ1v) is 11.7. The molecule has 2 aliphatic heterocycles. The molecule has 1 atom stereocenters. The molecule has 9 heteroatoms. The van der Waals surface area contributed by atoms with Crippen molar-refractivity contribution in [3.63, 3.8) is 0 Å². The molecule has 8 nitrogen and oxygen atoms in total. The molecular formula is C24H26N4O4S. The number of thioether (sulfide) groups is 1. The maximum Gasteiger partial charge on any atom is 0.259 e. The molecule has 2 aromatic carbocycles. The quantitative estimate of drug-likeness (QED) is 0.643. The third-order valence-corrected chi connectivity index (χ3v) is 6.34. The van der Waals surface area contributed by atoms with Gasteiger partial charge in [-0.2, -0.15) is 0 Å². The molecule has 0 spiro atoms. The molecule has 4 rings (SSSR count). The van der Waals surface area contributed by atoms with Gasteiger partial charge in [-0.05, 0) is 24.6 Å². The van der Waals surface area contributed by atoms with Crippen molar-refractivity contribution >= 4 is 40.3 Å². The number of benzene rings is 2. The highest BCUT2D eigenvalue weighted by Crippen LogP contribution is 2.34. The fourth-order valence-electron chi connectivity index (χ4n) is 3.83. The Bertz CT molecular complexity index is 1130. The van der Waals surface area contributed by atoms with E-state index in [1.807, 2.05) is 43.3 Å². The lowest BCUT2D eigenvalue weighted by atomic mass is 10.1. The van der Waals surface area contributed by atoms with Crippen LogP contribution < -0.4 is 14.8 Å². The van der Waals surface area contributed by atoms with E-state index in [1.165, 1.54) is 11.8 Å². The highest BCUT2D eigenvalue weighted by Gasteiger charge is 2.40. The van der Waals surface area contributed by atoms with Crippen molar-refractivity contribution in [3.05, 3.63) is 53.6 Å². The number of hydrogen-bond acceptors (Lipinski definition) is 7. The SMILES string of the molecule is CCC[C@@H]1N=C2c3ccccc3N=C(SCC(=O)NCc3cccc(OC)c3OC)N2C1=O. The third-order valence-electron chi connectivity index (χ3n) is 5.40. The van der Waals surface area contributed by atoms with Gasteiger partial charge in [-0.1, -0.05) is 49.4 Å². The predicted molar refractivity (Wildman–Crippen MR) is 129 cm³/mol. The van der Waals surface area contributed by atoms with E-state index in [0.717, 1.165) is 23.2 Å². The van der Waals surface area contributed by atoms with Crippen molar-refractivity contribution in [2.24, 2.45) is 9.98 Å². The fourth-order valence-corrected chi connectivity index (χ4v) is 4.66. The maximum atomic E-state index is 13.0. The Hall–Kier alpha value is -3.33. The summed E-state index contributed by atoms with van der Waals surface area (Å²) in [5, 5.41) is 3.38. The van der Waals surface area contributed by atoms with Crippen molar-refractivity contribution in [1.29, 1.82) is 0 Å². The number of nitrogens with one attached hydrogen (secondary N) is 1. The van der Waals surface area contributed by atoms with E-state index in [-0.39, 0.29) is 17.6 Å². The van der Waals surface area contributed by atoms with Gasteiger partial charge in [-0.25, -0.2) is 9.89 Å². The Kier molecular flexibility index (Phi) is 6.98. The lowest BCUT2D eigenvalue weighted by Crippen LogP contribution is -2.41. The first-order chi connectivity index (χ1) is 16.1. The Labute approximate surface area is 197 Å². The number of hydrogen-bond donors (Lipinski definition) is 1. The standard InChI is InChI=1S/C24H26N4O4S/c1-4-8-18-23(30)28-22(26-18)16-10-5-6-11-17(16)27-24(28)33-14-20(29)25-13-15-9-7-12-19(31-2)21(15)32-3/h5-7,9-12,18H,4,8,13-14H2,1-3H3,(H,25,29)/t18-/m0/s1. The number of carbonyl (C=O) groups excluding carboxylic acids is 2. The summed E-state index contributed by atoms with van der Waals surface area (Å²) in [5.41, 5.74) is 2.40. The second-order valence-electron chi connectivity index (χ2n) is 7.56. The number of aliphatic imine (C=N–C) groups is 2. The smallest absolute Gasteiger partial charge is 0.259 e. The predicted octanol–water partition coefficient (Wildman–Crippen LogP) is 3.51. The van der Waals surface area contributed by atoms with Crippen LogP contribution in [-0.2, 0) is 16.1 Å². The van der Waals surface area contributed by atoms with Crippen molar-refractivity contribution in [2.75, 3.05) is 20.0 Å². The largest absolute Gasteiger partial charge is 0.493 e. The van der Waals surface area contributed by atoms with Crippen LogP contribution in [0.2, 0.25) is 0 Å². The van der Waals surface area contributed by atoms with Crippen LogP contribution in [0.1, 0.15) is 30.9 Å². The third kappa shape index (κ3) is 4.59. The number of para-hydroxylation sites is 2. The molecule has 2 aromatic rings. The average molecular weight is 467 g/mol. The molecule has 1 N–H and O–H groups in total. The molecule has 0 fully saturated rings. The highest BCUT2D eigenvalue weighted by molar-refractivity contribution is 8.14. The van der Waals surface area contributed by atoms with Gasteiger partial charge >= 0.3 is 0 Å². The topological polar surface area (TPSA) is 92.6 Å². The van der Waals surface area contributed by atoms with Gasteiger partial charge in [0.1, 0.15) is 11.9 Å². The number of methoxy groups -OCH3 is 2. The molecule has 0 bridgehead atoms. The van der Waals surface area contributed by atoms with Crippen LogP contribution in [0.15, 0.2) is 52.4 Å². The summed E-state index contributed by atoms with van der Waals surface area (Å²) in [6.07, 6.45) is 1.54. The van der Waals surface area contributed by atoms with Crippen LogP contribution in [0.4, 0.5) is 5.69 Å². The maximum absolute atomic E-state index is 13.0. The number of rotatable bonds is 8. The van der Waals surface area contributed by atoms with E-state index in [4.69, 9.17) is 9.47 Å². The van der Waals surface area contributed by atoms with E-state index in [2.05, 4.69) is 15.3 Å². The zero-order valence-electron chi connectivity index (χ0n) is 18.8. The van der Waals surface area contributed by atoms with Crippen LogP contribution in [0.5, 0.6) is 11.5 Å². The molecule has 0 radical (unpaired) electrons. The van der Waals surface area contributed by atoms with Crippen molar-refractivity contribution < 1.29 is 19.1 Å². The molecule has 2 amide bonds. The molecule has 0 aliphatic carbocycles. The van der Waals surface area contributed by atoms with E-state index in [9.17, 15) is 9.59 Å². The molecule has 0 aromatic heterocycles.